The summed E-state index contributed by atoms with van der Waals surface area (Å²) in [5.74, 6) is 0.964. The van der Waals surface area contributed by atoms with Gasteiger partial charge in [0, 0.05) is 29.6 Å². The van der Waals surface area contributed by atoms with Crippen molar-refractivity contribution >= 4 is 17.7 Å². The van der Waals surface area contributed by atoms with Gasteiger partial charge in [-0.3, -0.25) is 4.79 Å². The number of carbonyl (C=O) groups is 1. The number of hydrogen-bond donors (Lipinski definition) is 1. The maximum atomic E-state index is 12.1. The van der Waals surface area contributed by atoms with Gasteiger partial charge in [-0.15, -0.1) is 0 Å². The largest absolute Gasteiger partial charge is 0.349 e. The molecule has 0 saturated carbocycles. The normalized spacial score (nSPS) is 13.4. The Morgan fingerprint density at radius 3 is 2.36 bits per heavy atom. The molecule has 2 rings (SSSR count). The Morgan fingerprint density at radius 1 is 1.14 bits per heavy atom. The summed E-state index contributed by atoms with van der Waals surface area (Å²) in [5, 5.41) is 3.06. The fourth-order valence-corrected chi connectivity index (χ4v) is 2.83. The van der Waals surface area contributed by atoms with Gasteiger partial charge in [-0.2, -0.15) is 11.8 Å². The molecule has 22 heavy (non-hydrogen) atoms. The van der Waals surface area contributed by atoms with Crippen molar-refractivity contribution in [3.05, 3.63) is 48.5 Å². The van der Waals surface area contributed by atoms with Crippen LogP contribution in [0.2, 0.25) is 0 Å². The second-order valence-electron chi connectivity index (χ2n) is 5.34. The van der Waals surface area contributed by atoms with Crippen molar-refractivity contribution in [1.29, 1.82) is 0 Å². The highest BCUT2D eigenvalue weighted by molar-refractivity contribution is 7.98. The van der Waals surface area contributed by atoms with Crippen molar-refractivity contribution in [3.63, 3.8) is 0 Å². The maximum absolute atomic E-state index is 12.1. The molecule has 2 aromatic rings. The maximum Gasteiger partial charge on any atom is 0.224 e. The van der Waals surface area contributed by atoms with Crippen LogP contribution in [0.1, 0.15) is 25.5 Å². The van der Waals surface area contributed by atoms with Crippen LogP contribution >= 0.6 is 11.8 Å². The van der Waals surface area contributed by atoms with Gasteiger partial charge >= 0.3 is 0 Å². The fourth-order valence-electron chi connectivity index (χ4n) is 2.18. The van der Waals surface area contributed by atoms with E-state index in [4.69, 9.17) is 0 Å². The number of aromatic nitrogens is 2. The number of benzene rings is 1. The predicted octanol–water partition coefficient (Wildman–Crippen LogP) is 3.32. The molecule has 0 spiro atoms. The summed E-state index contributed by atoms with van der Waals surface area (Å²) in [6.07, 6.45) is 7.11. The first-order valence-electron chi connectivity index (χ1n) is 7.26. The van der Waals surface area contributed by atoms with Gasteiger partial charge < -0.3 is 5.32 Å². The minimum Gasteiger partial charge on any atom is -0.349 e. The SMILES string of the molecule is CSC[C@H](C)C(=O)N[C@H](C)c1ccc(-c2cncnc2)cc1. The molecule has 116 valence electrons. The van der Waals surface area contributed by atoms with Crippen LogP contribution in [0.4, 0.5) is 0 Å². The molecule has 2 atom stereocenters. The molecule has 0 aliphatic heterocycles. The Labute approximate surface area is 135 Å². The summed E-state index contributed by atoms with van der Waals surface area (Å²) in [5.41, 5.74) is 3.14. The van der Waals surface area contributed by atoms with E-state index >= 15 is 0 Å². The number of nitrogens with zero attached hydrogens (tertiary/aromatic N) is 2. The first-order valence-corrected chi connectivity index (χ1v) is 8.66. The van der Waals surface area contributed by atoms with Gasteiger partial charge in [0.05, 0.1) is 6.04 Å². The number of hydrogen-bond acceptors (Lipinski definition) is 4. The van der Waals surface area contributed by atoms with Crippen LogP contribution in [-0.4, -0.2) is 27.9 Å². The molecular weight excluding hydrogens is 294 g/mol. The lowest BCUT2D eigenvalue weighted by Crippen LogP contribution is -2.32. The van der Waals surface area contributed by atoms with Gasteiger partial charge in [0.15, 0.2) is 0 Å². The van der Waals surface area contributed by atoms with Crippen molar-refractivity contribution in [2.45, 2.75) is 19.9 Å². The van der Waals surface area contributed by atoms with E-state index in [1.54, 1.807) is 24.2 Å². The van der Waals surface area contributed by atoms with Gasteiger partial charge in [0.1, 0.15) is 6.33 Å². The van der Waals surface area contributed by atoms with Crippen LogP contribution in [0.25, 0.3) is 11.1 Å². The average molecular weight is 315 g/mol. The van der Waals surface area contributed by atoms with E-state index in [1.807, 2.05) is 44.4 Å². The molecule has 1 amide bonds. The summed E-state index contributed by atoms with van der Waals surface area (Å²) >= 11 is 1.69. The van der Waals surface area contributed by atoms with E-state index < -0.39 is 0 Å². The van der Waals surface area contributed by atoms with Crippen LogP contribution in [0.3, 0.4) is 0 Å². The molecule has 1 heterocycles. The van der Waals surface area contributed by atoms with E-state index in [0.29, 0.717) is 0 Å². The van der Waals surface area contributed by atoms with Gasteiger partial charge in [0.25, 0.3) is 0 Å². The monoisotopic (exact) mass is 315 g/mol. The minimum atomic E-state index is -0.00196. The highest BCUT2D eigenvalue weighted by atomic mass is 32.2. The Bertz CT molecular complexity index is 601. The van der Waals surface area contributed by atoms with Crippen molar-refractivity contribution in [2.24, 2.45) is 5.92 Å². The fraction of sp³-hybridized carbons (Fsp3) is 0.353. The minimum absolute atomic E-state index is 0.00196. The quantitative estimate of drug-likeness (QED) is 0.888. The Morgan fingerprint density at radius 2 is 1.77 bits per heavy atom. The number of thioether (sulfide) groups is 1. The average Bonchev–Trinajstić information content (AvgIpc) is 2.56. The third kappa shape index (κ3) is 4.31. The van der Waals surface area contributed by atoms with Crippen molar-refractivity contribution in [3.8, 4) is 11.1 Å². The van der Waals surface area contributed by atoms with Crippen molar-refractivity contribution < 1.29 is 4.79 Å². The first kappa shape index (κ1) is 16.5. The molecule has 4 nitrogen and oxygen atoms in total. The predicted molar refractivity (Wildman–Crippen MR) is 91.6 cm³/mol. The zero-order valence-corrected chi connectivity index (χ0v) is 13.9. The molecule has 0 saturated heterocycles. The van der Waals surface area contributed by atoms with E-state index in [9.17, 15) is 4.79 Å². The lowest BCUT2D eigenvalue weighted by molar-refractivity contribution is -0.124. The second-order valence-corrected chi connectivity index (χ2v) is 6.25. The lowest BCUT2D eigenvalue weighted by atomic mass is 10.0. The number of rotatable bonds is 6. The summed E-state index contributed by atoms with van der Waals surface area (Å²) in [4.78, 5) is 20.1. The van der Waals surface area contributed by atoms with Crippen LogP contribution in [-0.2, 0) is 4.79 Å². The third-order valence-electron chi connectivity index (χ3n) is 3.53. The zero-order valence-electron chi connectivity index (χ0n) is 13.1. The van der Waals surface area contributed by atoms with Crippen LogP contribution in [0, 0.1) is 5.92 Å². The zero-order chi connectivity index (χ0) is 15.9. The van der Waals surface area contributed by atoms with Gasteiger partial charge in [-0.25, -0.2) is 9.97 Å². The first-order chi connectivity index (χ1) is 10.6. The summed E-state index contributed by atoms with van der Waals surface area (Å²) in [7, 11) is 0. The van der Waals surface area contributed by atoms with Crippen LogP contribution in [0.15, 0.2) is 43.0 Å². The Balaban J connectivity index is 2.02. The van der Waals surface area contributed by atoms with Crippen LogP contribution < -0.4 is 5.32 Å². The molecule has 0 fully saturated rings. The molecule has 5 heteroatoms. The number of amides is 1. The van der Waals surface area contributed by atoms with E-state index in [0.717, 1.165) is 22.4 Å². The molecule has 0 radical (unpaired) electrons. The van der Waals surface area contributed by atoms with Crippen LogP contribution in [0.5, 0.6) is 0 Å². The van der Waals surface area contributed by atoms with Gasteiger partial charge in [-0.1, -0.05) is 31.2 Å². The van der Waals surface area contributed by atoms with Crippen molar-refractivity contribution in [2.75, 3.05) is 12.0 Å². The van der Waals surface area contributed by atoms with E-state index in [-0.39, 0.29) is 17.9 Å². The topological polar surface area (TPSA) is 54.9 Å². The lowest BCUT2D eigenvalue weighted by Gasteiger charge is -2.17. The Hall–Kier alpha value is -1.88. The highest BCUT2D eigenvalue weighted by Crippen LogP contribution is 2.21. The number of nitrogens with one attached hydrogen (secondary N) is 1. The second kappa shape index (κ2) is 7.94. The summed E-state index contributed by atoms with van der Waals surface area (Å²) < 4.78 is 0. The van der Waals surface area contributed by atoms with Crippen molar-refractivity contribution in [1.82, 2.24) is 15.3 Å². The summed E-state index contributed by atoms with van der Waals surface area (Å²) in [6, 6.07) is 8.13. The van der Waals surface area contributed by atoms with E-state index in [1.165, 1.54) is 6.33 Å². The molecule has 0 aliphatic rings. The standard InChI is InChI=1S/C17H21N3OS/c1-12(10-22-3)17(21)20-13(2)14-4-6-15(7-5-14)16-8-18-11-19-9-16/h4-9,11-13H,10H2,1-3H3,(H,20,21)/t12-,13+/m0/s1. The molecular formula is C17H21N3OS. The molecule has 1 aromatic heterocycles. The highest BCUT2D eigenvalue weighted by Gasteiger charge is 2.15. The third-order valence-corrected chi connectivity index (χ3v) is 4.36. The molecule has 1 aromatic carbocycles. The number of carbonyl (C=O) groups excluding carboxylic acids is 1. The van der Waals surface area contributed by atoms with Gasteiger partial charge in [0.2, 0.25) is 5.91 Å². The van der Waals surface area contributed by atoms with E-state index in [2.05, 4.69) is 15.3 Å². The molecule has 0 aliphatic carbocycles. The summed E-state index contributed by atoms with van der Waals surface area (Å²) in [6.45, 7) is 3.96. The molecule has 1 N–H and O–H groups in total. The molecule has 0 bridgehead atoms. The molecule has 0 unspecified atom stereocenters. The smallest absolute Gasteiger partial charge is 0.224 e. The Kier molecular flexibility index (Phi) is 5.95. The van der Waals surface area contributed by atoms with Gasteiger partial charge in [-0.05, 0) is 24.3 Å².